The number of aromatic amines is 2. The Bertz CT molecular complexity index is 2710. The van der Waals surface area contributed by atoms with Crippen molar-refractivity contribution >= 4 is 36.2 Å². The summed E-state index contributed by atoms with van der Waals surface area (Å²) < 4.78 is 30.1. The fourth-order valence-corrected chi connectivity index (χ4v) is 8.97. The number of nitriles is 2. The number of H-pyrrole nitrogens is 2. The molecule has 2 amide bonds. The van der Waals surface area contributed by atoms with Gasteiger partial charge in [0.15, 0.2) is 11.6 Å². The van der Waals surface area contributed by atoms with E-state index in [0.29, 0.717) is 65.2 Å². The molecule has 0 atom stereocenters. The quantitative estimate of drug-likeness (QED) is 0.0867. The summed E-state index contributed by atoms with van der Waals surface area (Å²) in [6.45, 7) is 10.4. The fourth-order valence-electron chi connectivity index (χ4n) is 8.31. The summed E-state index contributed by atoms with van der Waals surface area (Å²) in [7, 11) is -1.00. The van der Waals surface area contributed by atoms with Crippen LogP contribution in [0.4, 0.5) is 8.78 Å². The molecular weight excluding hydrogens is 910 g/mol. The van der Waals surface area contributed by atoms with E-state index in [-0.39, 0.29) is 52.8 Å². The Labute approximate surface area is 431 Å². The monoisotopic (exact) mass is 967 g/mol. The number of thioether (sulfide) groups is 1. The minimum Gasteiger partial charge on any atom is -0.796 e. The molecular formula is C51H57F2N10NaO2S2. The van der Waals surface area contributed by atoms with Crippen molar-refractivity contribution in [1.82, 2.24) is 40.2 Å². The number of aromatic nitrogens is 6. The number of nitrogens with one attached hydrogen (secondary N) is 2. The van der Waals surface area contributed by atoms with Crippen LogP contribution >= 0.6 is 11.8 Å². The maximum atomic E-state index is 14.6. The van der Waals surface area contributed by atoms with E-state index in [1.54, 1.807) is 31.0 Å². The number of hydrogen-bond acceptors (Lipinski definition) is 10. The number of benzene rings is 4. The first-order valence-electron chi connectivity index (χ1n) is 22.8. The fraction of sp³-hybridized carbons (Fsp3) is 0.373. The maximum Gasteiger partial charge on any atom is 1.00 e. The summed E-state index contributed by atoms with van der Waals surface area (Å²) in [6.07, 6.45) is 8.62. The van der Waals surface area contributed by atoms with Crippen LogP contribution in [0.1, 0.15) is 118 Å². The second-order valence-electron chi connectivity index (χ2n) is 16.0. The van der Waals surface area contributed by atoms with Crippen LogP contribution in [0.2, 0.25) is 0 Å². The summed E-state index contributed by atoms with van der Waals surface area (Å²) in [5.41, 5.74) is 7.68. The SMILES string of the molecule is CCc1nc(-c2cc(C(=O)N3CCC(c4ccc(C#N)cc4)CC3)c(C)cc2F)n[nH]1.CCc1nc(-c2cc(C(=O)N3CCC(c4ccc(C#N)cc4)CC3)c(C)cc2SC)n[nH]1.C[S-].[2H]CF.[Na+]. The summed E-state index contributed by atoms with van der Waals surface area (Å²) >= 11 is 5.72. The largest absolute Gasteiger partial charge is 1.00 e. The number of carbonyl (C=O) groups excluding carboxylic acids is 2. The minimum absolute atomic E-state index is 0. The number of piperidine rings is 2. The van der Waals surface area contributed by atoms with Gasteiger partial charge in [-0.2, -0.15) is 27.0 Å². The van der Waals surface area contributed by atoms with Gasteiger partial charge >= 0.3 is 29.6 Å². The second kappa shape index (κ2) is 27.0. The molecule has 12 nitrogen and oxygen atoms in total. The zero-order valence-electron chi connectivity index (χ0n) is 40.8. The van der Waals surface area contributed by atoms with Gasteiger partial charge in [0.1, 0.15) is 17.5 Å². The van der Waals surface area contributed by atoms with E-state index in [1.165, 1.54) is 17.2 Å². The van der Waals surface area contributed by atoms with E-state index < -0.39 is 13.0 Å². The van der Waals surface area contributed by atoms with Gasteiger partial charge in [0.2, 0.25) is 0 Å². The van der Waals surface area contributed by atoms with Gasteiger partial charge in [-0.25, -0.2) is 14.4 Å². The number of halogens is 2. The van der Waals surface area contributed by atoms with Crippen LogP contribution in [0.5, 0.6) is 0 Å². The first-order valence-corrected chi connectivity index (χ1v) is 24.2. The van der Waals surface area contributed by atoms with Gasteiger partial charge < -0.3 is 22.4 Å². The normalized spacial score (nSPS) is 13.7. The number of alkyl halides is 1. The number of amides is 2. The van der Waals surface area contributed by atoms with Crippen molar-refractivity contribution in [2.24, 2.45) is 0 Å². The molecule has 4 heterocycles. The van der Waals surface area contributed by atoms with E-state index in [9.17, 15) is 18.4 Å². The standard InChI is InChI=1S/C25H27N5OS.C24H24FN5O.CH3F.CH4S.Na/c1-4-23-27-24(29-28-23)21-14-20(16(2)13-22(21)32-3)25(31)30-11-9-19(10-12-30)18-7-5-17(15-26)6-8-18;1-3-22-27-23(29-28-22)20-13-19(15(2)12-21(20)25)24(31)30-10-8-18(9-11-30)17-6-4-16(14-26)5-7-17;2*1-2;/h5-8,13-14,19H,4,9-12H2,1-3H3,(H,27,28,29);4-7,12-13,18H,3,8-11H2,1-2H3,(H,27,28,29);1H3;2H,1H3;/q;;;;+1/p-1/i;;1D;;. The third-order valence-corrected chi connectivity index (χ3v) is 12.9. The summed E-state index contributed by atoms with van der Waals surface area (Å²) in [5.74, 6) is 2.74. The molecule has 2 saturated heterocycles. The van der Waals surface area contributed by atoms with Crippen molar-refractivity contribution in [3.63, 3.8) is 0 Å². The molecule has 2 aromatic heterocycles. The zero-order chi connectivity index (χ0) is 49.3. The Kier molecular flexibility index (Phi) is 21.3. The minimum atomic E-state index is -1.00. The molecule has 0 spiro atoms. The van der Waals surface area contributed by atoms with E-state index in [2.05, 4.69) is 61.2 Å². The van der Waals surface area contributed by atoms with Crippen molar-refractivity contribution in [2.45, 2.75) is 83.0 Å². The molecule has 8 rings (SSSR count). The molecule has 6 aromatic rings. The molecule has 2 fully saturated rings. The molecule has 0 saturated carbocycles. The topological polar surface area (TPSA) is 171 Å². The number of carbonyl (C=O) groups is 2. The van der Waals surface area contributed by atoms with Crippen molar-refractivity contribution in [2.75, 3.05) is 45.8 Å². The van der Waals surface area contributed by atoms with Crippen molar-refractivity contribution in [1.29, 1.82) is 10.5 Å². The Hall–Kier alpha value is -5.36. The smallest absolute Gasteiger partial charge is 0.796 e. The van der Waals surface area contributed by atoms with E-state index in [0.717, 1.165) is 72.6 Å². The third kappa shape index (κ3) is 13.4. The maximum absolute atomic E-state index is 14.6. The molecule has 350 valence electrons. The molecule has 2 aliphatic heterocycles. The number of aryl methyl sites for hydroxylation is 4. The molecule has 0 bridgehead atoms. The second-order valence-corrected chi connectivity index (χ2v) is 16.9. The number of likely N-dealkylation sites (tertiary alicyclic amines) is 2. The number of nitrogens with zero attached hydrogens (tertiary/aromatic N) is 8. The predicted octanol–water partition coefficient (Wildman–Crippen LogP) is 7.08. The average molecular weight is 968 g/mol. The molecule has 0 aliphatic carbocycles. The van der Waals surface area contributed by atoms with Gasteiger partial charge in [0, 0.05) is 60.6 Å². The Morgan fingerprint density at radius 2 is 1.12 bits per heavy atom. The van der Waals surface area contributed by atoms with Crippen LogP contribution < -0.4 is 29.6 Å². The third-order valence-electron chi connectivity index (χ3n) is 12.1. The molecule has 2 N–H and O–H groups in total. The first kappa shape index (κ1) is 53.6. The molecule has 2 aliphatic rings. The molecule has 17 heteroatoms. The first-order chi connectivity index (χ1) is 32.9. The van der Waals surface area contributed by atoms with Crippen LogP contribution in [0.25, 0.3) is 22.8 Å². The number of rotatable bonds is 9. The van der Waals surface area contributed by atoms with Crippen LogP contribution in [-0.4, -0.2) is 97.8 Å². The molecule has 4 aromatic carbocycles. The van der Waals surface area contributed by atoms with Crippen LogP contribution in [0.3, 0.4) is 0 Å². The summed E-state index contributed by atoms with van der Waals surface area (Å²) in [6, 6.07) is 26.8. The van der Waals surface area contributed by atoms with E-state index in [1.807, 2.05) is 91.4 Å². The van der Waals surface area contributed by atoms with Crippen LogP contribution in [0.15, 0.2) is 77.7 Å². The van der Waals surface area contributed by atoms with E-state index >= 15 is 0 Å². The van der Waals surface area contributed by atoms with Gasteiger partial charge in [-0.1, -0.05) is 38.1 Å². The van der Waals surface area contributed by atoms with Crippen molar-refractivity contribution < 1.29 is 49.3 Å². The van der Waals surface area contributed by atoms with E-state index in [4.69, 9.17) is 11.9 Å². The summed E-state index contributed by atoms with van der Waals surface area (Å²) in [4.78, 5) is 40.4. The zero-order valence-corrected chi connectivity index (χ0v) is 43.5. The van der Waals surface area contributed by atoms with Gasteiger partial charge in [-0.15, -0.1) is 11.8 Å². The Morgan fingerprint density at radius 3 is 1.49 bits per heavy atom. The van der Waals surface area contributed by atoms with Crippen molar-refractivity contribution in [3.8, 4) is 34.9 Å². The molecule has 0 unspecified atom stereocenters. The Morgan fingerprint density at radius 1 is 0.735 bits per heavy atom. The number of hydrogen-bond donors (Lipinski definition) is 2. The van der Waals surface area contributed by atoms with Crippen LogP contribution in [-0.2, 0) is 25.5 Å². The molecule has 0 radical (unpaired) electrons. The van der Waals surface area contributed by atoms with Gasteiger partial charge in [0.25, 0.3) is 11.8 Å². The average Bonchev–Trinajstić information content (AvgIpc) is 4.08. The van der Waals surface area contributed by atoms with Crippen molar-refractivity contribution in [3.05, 3.63) is 135 Å². The van der Waals surface area contributed by atoms with Gasteiger partial charge in [0.05, 0.1) is 37.4 Å². The summed E-state index contributed by atoms with van der Waals surface area (Å²) in [5, 5.41) is 32.2. The predicted molar refractivity (Wildman–Crippen MR) is 262 cm³/mol. The molecule has 68 heavy (non-hydrogen) atoms. The van der Waals surface area contributed by atoms with Gasteiger partial charge in [-0.05, 0) is 128 Å². The Balaban J connectivity index is 0.000000272. The van der Waals surface area contributed by atoms with Gasteiger partial charge in [-0.3, -0.25) is 24.2 Å². The van der Waals surface area contributed by atoms with Crippen LogP contribution in [0, 0.1) is 42.3 Å².